The first kappa shape index (κ1) is 13.2. The molecule has 0 spiro atoms. The molecular formula is C12H10N2O4S. The Morgan fingerprint density at radius 2 is 2.16 bits per heavy atom. The molecule has 0 unspecified atom stereocenters. The Hall–Kier alpha value is -2.28. The second-order valence-electron chi connectivity index (χ2n) is 3.86. The smallest absolute Gasteiger partial charge is 0.355 e. The van der Waals surface area contributed by atoms with Gasteiger partial charge in [0, 0.05) is 11.6 Å². The maximum Gasteiger partial charge on any atom is 0.355 e. The Kier molecular flexibility index (Phi) is 3.57. The number of esters is 1. The Bertz CT molecular complexity index is 651. The molecule has 0 saturated carbocycles. The summed E-state index contributed by atoms with van der Waals surface area (Å²) >= 11 is 1.20. The minimum absolute atomic E-state index is 0.00577. The van der Waals surface area contributed by atoms with Crippen molar-refractivity contribution in [2.75, 3.05) is 0 Å². The lowest BCUT2D eigenvalue weighted by atomic mass is 10.2. The van der Waals surface area contributed by atoms with E-state index in [1.807, 2.05) is 0 Å². The van der Waals surface area contributed by atoms with Gasteiger partial charge in [0.2, 0.25) is 0 Å². The molecule has 0 amide bonds. The Morgan fingerprint density at radius 1 is 1.42 bits per heavy atom. The van der Waals surface area contributed by atoms with Gasteiger partial charge in [0.25, 0.3) is 5.69 Å². The van der Waals surface area contributed by atoms with Gasteiger partial charge in [-0.1, -0.05) is 0 Å². The molecule has 0 bridgehead atoms. The van der Waals surface area contributed by atoms with Crippen molar-refractivity contribution in [1.29, 1.82) is 0 Å². The zero-order valence-electron chi connectivity index (χ0n) is 10.2. The molecule has 0 atom stereocenters. The van der Waals surface area contributed by atoms with Crippen LogP contribution in [0, 0.1) is 24.0 Å². The number of thiazole rings is 1. The van der Waals surface area contributed by atoms with Gasteiger partial charge in [-0.15, -0.1) is 11.3 Å². The van der Waals surface area contributed by atoms with E-state index in [2.05, 4.69) is 4.98 Å². The van der Waals surface area contributed by atoms with E-state index in [0.29, 0.717) is 16.1 Å². The maximum atomic E-state index is 11.8. The highest BCUT2D eigenvalue weighted by atomic mass is 32.1. The van der Waals surface area contributed by atoms with Crippen LogP contribution in [0.2, 0.25) is 0 Å². The summed E-state index contributed by atoms with van der Waals surface area (Å²) in [5.41, 5.74) is 2.60. The van der Waals surface area contributed by atoms with Crippen molar-refractivity contribution in [2.45, 2.75) is 13.8 Å². The van der Waals surface area contributed by atoms with E-state index in [-0.39, 0.29) is 11.4 Å². The molecule has 0 radical (unpaired) electrons. The van der Waals surface area contributed by atoms with E-state index >= 15 is 0 Å². The second-order valence-corrected chi connectivity index (χ2v) is 4.72. The summed E-state index contributed by atoms with van der Waals surface area (Å²) in [6, 6.07) is 4.18. The van der Waals surface area contributed by atoms with E-state index in [4.69, 9.17) is 4.74 Å². The summed E-state index contributed by atoms with van der Waals surface area (Å²) in [6.07, 6.45) is 0. The van der Waals surface area contributed by atoms with Gasteiger partial charge in [-0.3, -0.25) is 10.1 Å². The van der Waals surface area contributed by atoms with Crippen LogP contribution >= 0.6 is 11.3 Å². The highest BCUT2D eigenvalue weighted by Gasteiger charge is 2.16. The van der Waals surface area contributed by atoms with Crippen molar-refractivity contribution in [1.82, 2.24) is 4.98 Å². The molecule has 0 aliphatic carbocycles. The average molecular weight is 278 g/mol. The molecule has 1 aromatic heterocycles. The predicted octanol–water partition coefficient (Wildman–Crippen LogP) is 2.89. The lowest BCUT2D eigenvalue weighted by Gasteiger charge is -2.04. The molecule has 1 heterocycles. The molecule has 98 valence electrons. The largest absolute Gasteiger partial charge is 0.422 e. The minimum atomic E-state index is -0.506. The van der Waals surface area contributed by atoms with Gasteiger partial charge in [0.05, 0.1) is 16.1 Å². The minimum Gasteiger partial charge on any atom is -0.422 e. The number of nitro benzene ring substituents is 1. The van der Waals surface area contributed by atoms with E-state index in [9.17, 15) is 14.9 Å². The lowest BCUT2D eigenvalue weighted by Crippen LogP contribution is -2.08. The molecule has 1 aromatic carbocycles. The van der Waals surface area contributed by atoms with Crippen molar-refractivity contribution in [3.8, 4) is 5.75 Å². The number of aromatic nitrogens is 1. The number of benzene rings is 1. The molecule has 2 aromatic rings. The zero-order valence-corrected chi connectivity index (χ0v) is 11.1. The normalized spacial score (nSPS) is 10.2. The average Bonchev–Trinajstić information content (AvgIpc) is 2.75. The Morgan fingerprint density at radius 3 is 2.68 bits per heavy atom. The maximum absolute atomic E-state index is 11.8. The summed E-state index contributed by atoms with van der Waals surface area (Å²) in [5.74, 6) is -0.228. The Balaban J connectivity index is 2.21. The van der Waals surface area contributed by atoms with E-state index in [0.717, 1.165) is 0 Å². The molecule has 6 nitrogen and oxygen atoms in total. The quantitative estimate of drug-likeness (QED) is 0.373. The van der Waals surface area contributed by atoms with Gasteiger partial charge in [-0.25, -0.2) is 9.78 Å². The summed E-state index contributed by atoms with van der Waals surface area (Å²) < 4.78 is 5.16. The first-order valence-electron chi connectivity index (χ1n) is 5.36. The van der Waals surface area contributed by atoms with Crippen molar-refractivity contribution < 1.29 is 14.5 Å². The number of carbonyl (C=O) groups is 1. The van der Waals surface area contributed by atoms with Gasteiger partial charge in [-0.05, 0) is 26.0 Å². The van der Waals surface area contributed by atoms with Gasteiger partial charge in [0.1, 0.15) is 10.6 Å². The Labute approximate surface area is 112 Å². The van der Waals surface area contributed by atoms with Crippen LogP contribution in [-0.4, -0.2) is 15.9 Å². The van der Waals surface area contributed by atoms with Crippen molar-refractivity contribution in [2.24, 2.45) is 0 Å². The summed E-state index contributed by atoms with van der Waals surface area (Å²) in [7, 11) is 0. The van der Waals surface area contributed by atoms with Crippen LogP contribution in [-0.2, 0) is 0 Å². The van der Waals surface area contributed by atoms with Crippen LogP contribution < -0.4 is 4.74 Å². The number of hydrogen-bond donors (Lipinski definition) is 0. The fourth-order valence-electron chi connectivity index (χ4n) is 1.55. The third kappa shape index (κ3) is 2.76. The van der Waals surface area contributed by atoms with Crippen molar-refractivity contribution >= 4 is 23.0 Å². The molecule has 19 heavy (non-hydrogen) atoms. The van der Waals surface area contributed by atoms with E-state index in [1.165, 1.54) is 29.5 Å². The fourth-order valence-corrected chi connectivity index (χ4v) is 2.22. The highest BCUT2D eigenvalue weighted by Crippen LogP contribution is 2.24. The number of hydrogen-bond acceptors (Lipinski definition) is 6. The predicted molar refractivity (Wildman–Crippen MR) is 69.6 cm³/mol. The zero-order chi connectivity index (χ0) is 14.0. The monoisotopic (exact) mass is 278 g/mol. The highest BCUT2D eigenvalue weighted by molar-refractivity contribution is 7.11. The third-order valence-corrected chi connectivity index (χ3v) is 3.42. The van der Waals surface area contributed by atoms with Gasteiger partial charge < -0.3 is 4.74 Å². The van der Waals surface area contributed by atoms with Gasteiger partial charge in [0.15, 0.2) is 0 Å². The summed E-state index contributed by atoms with van der Waals surface area (Å²) in [5, 5.41) is 10.7. The number of aryl methyl sites for hydroxylation is 2. The fraction of sp³-hybridized carbons (Fsp3) is 0.167. The number of carbonyl (C=O) groups excluding carboxylic acids is 1. The standard InChI is InChI=1S/C12H10N2O4S/c1-7-5-9(3-4-10(7)14(16)17)18-12(15)11-8(2)13-6-19-11/h3-6H,1-2H3. The first-order chi connectivity index (χ1) is 8.99. The molecular weight excluding hydrogens is 268 g/mol. The molecule has 2 rings (SSSR count). The van der Waals surface area contributed by atoms with Crippen LogP contribution in [0.1, 0.15) is 20.9 Å². The number of nitrogens with zero attached hydrogens (tertiary/aromatic N) is 2. The van der Waals surface area contributed by atoms with Crippen LogP contribution in [0.25, 0.3) is 0 Å². The molecule has 0 fully saturated rings. The van der Waals surface area contributed by atoms with E-state index in [1.54, 1.807) is 19.4 Å². The van der Waals surface area contributed by atoms with Crippen LogP contribution in [0.5, 0.6) is 5.75 Å². The molecule has 0 aliphatic heterocycles. The van der Waals surface area contributed by atoms with Crippen LogP contribution in [0.15, 0.2) is 23.7 Å². The van der Waals surface area contributed by atoms with Crippen LogP contribution in [0.4, 0.5) is 5.69 Å². The SMILES string of the molecule is Cc1cc(OC(=O)c2scnc2C)ccc1[N+](=O)[O-]. The second kappa shape index (κ2) is 5.15. The molecule has 0 saturated heterocycles. The van der Waals surface area contributed by atoms with Crippen molar-refractivity contribution in [3.05, 3.63) is 50.0 Å². The van der Waals surface area contributed by atoms with Crippen molar-refractivity contribution in [3.63, 3.8) is 0 Å². The number of nitro groups is 1. The molecule has 7 heteroatoms. The number of ether oxygens (including phenoxy) is 1. The van der Waals surface area contributed by atoms with Crippen LogP contribution in [0.3, 0.4) is 0 Å². The first-order valence-corrected chi connectivity index (χ1v) is 6.24. The molecule has 0 aliphatic rings. The third-order valence-electron chi connectivity index (χ3n) is 2.51. The lowest BCUT2D eigenvalue weighted by molar-refractivity contribution is -0.385. The summed E-state index contributed by atoms with van der Waals surface area (Å²) in [4.78, 5) is 26.4. The van der Waals surface area contributed by atoms with Gasteiger partial charge >= 0.3 is 5.97 Å². The molecule has 0 N–H and O–H groups in total. The topological polar surface area (TPSA) is 82.3 Å². The van der Waals surface area contributed by atoms with E-state index < -0.39 is 10.9 Å². The summed E-state index contributed by atoms with van der Waals surface area (Å²) in [6.45, 7) is 3.31. The number of rotatable bonds is 3. The van der Waals surface area contributed by atoms with Gasteiger partial charge in [-0.2, -0.15) is 0 Å².